The molecule has 118 valence electrons. The second-order valence-electron chi connectivity index (χ2n) is 4.85. The van der Waals surface area contributed by atoms with Crippen molar-refractivity contribution in [3.63, 3.8) is 0 Å². The lowest BCUT2D eigenvalue weighted by Crippen LogP contribution is -2.41. The predicted octanol–water partition coefficient (Wildman–Crippen LogP) is 1.03. The van der Waals surface area contributed by atoms with E-state index in [4.69, 9.17) is 5.73 Å². The van der Waals surface area contributed by atoms with Gasteiger partial charge in [0.05, 0.1) is 11.5 Å². The van der Waals surface area contributed by atoms with Crippen LogP contribution in [-0.2, 0) is 19.9 Å². The summed E-state index contributed by atoms with van der Waals surface area (Å²) in [5.41, 5.74) is 5.67. The second kappa shape index (κ2) is 5.82. The van der Waals surface area contributed by atoms with Crippen LogP contribution in [0.15, 0.2) is 21.5 Å². The van der Waals surface area contributed by atoms with Crippen molar-refractivity contribution in [3.05, 3.63) is 22.4 Å². The second-order valence-corrected chi connectivity index (χ2v) is 9.69. The van der Waals surface area contributed by atoms with Crippen molar-refractivity contribution in [2.24, 2.45) is 0 Å². The average molecular weight is 401 g/mol. The molecule has 21 heavy (non-hydrogen) atoms. The van der Waals surface area contributed by atoms with Gasteiger partial charge in [0.15, 0.2) is 0 Å². The highest BCUT2D eigenvalue weighted by Crippen LogP contribution is 2.26. The summed E-state index contributed by atoms with van der Waals surface area (Å²) >= 11 is 3.01. The molecule has 2 rings (SSSR count). The highest BCUT2D eigenvalue weighted by molar-refractivity contribution is 9.10. The van der Waals surface area contributed by atoms with Crippen molar-refractivity contribution in [1.82, 2.24) is 4.72 Å². The Labute approximate surface area is 131 Å². The van der Waals surface area contributed by atoms with Gasteiger partial charge in [-0.2, -0.15) is 0 Å². The molecule has 0 aliphatic carbocycles. The fourth-order valence-electron chi connectivity index (χ4n) is 2.04. The number of nitrogens with one attached hydrogen (secondary N) is 1. The molecule has 0 aromatic heterocycles. The topological polar surface area (TPSA) is 106 Å². The molecular formula is C11H14BrFN2O4S2. The molecule has 1 aliphatic heterocycles. The third kappa shape index (κ3) is 3.93. The van der Waals surface area contributed by atoms with Gasteiger partial charge in [-0.05, 0) is 40.9 Å². The summed E-state index contributed by atoms with van der Waals surface area (Å²) in [6, 6.07) is 1.49. The first-order chi connectivity index (χ1) is 9.61. The van der Waals surface area contributed by atoms with Gasteiger partial charge in [0.2, 0.25) is 10.0 Å². The van der Waals surface area contributed by atoms with Gasteiger partial charge < -0.3 is 5.73 Å². The first-order valence-electron chi connectivity index (χ1n) is 6.08. The van der Waals surface area contributed by atoms with Crippen LogP contribution in [0.1, 0.15) is 12.8 Å². The van der Waals surface area contributed by atoms with Gasteiger partial charge in [0, 0.05) is 16.2 Å². The molecule has 0 atom stereocenters. The number of hydrogen-bond donors (Lipinski definition) is 2. The molecule has 1 aromatic carbocycles. The molecule has 1 heterocycles. The number of sulfonamides is 1. The third-order valence-electron chi connectivity index (χ3n) is 3.22. The van der Waals surface area contributed by atoms with Gasteiger partial charge in [-0.1, -0.05) is 0 Å². The Bertz CT molecular complexity index is 751. The van der Waals surface area contributed by atoms with Crippen LogP contribution in [0, 0.1) is 5.82 Å². The largest absolute Gasteiger partial charge is 0.398 e. The van der Waals surface area contributed by atoms with E-state index in [1.54, 1.807) is 0 Å². The molecule has 1 saturated heterocycles. The lowest BCUT2D eigenvalue weighted by Gasteiger charge is -2.23. The average Bonchev–Trinajstić information content (AvgIpc) is 2.36. The Morgan fingerprint density at radius 2 is 1.86 bits per heavy atom. The van der Waals surface area contributed by atoms with Crippen LogP contribution < -0.4 is 10.5 Å². The van der Waals surface area contributed by atoms with Crippen molar-refractivity contribution < 1.29 is 21.2 Å². The van der Waals surface area contributed by atoms with Crippen molar-refractivity contribution in [3.8, 4) is 0 Å². The molecule has 6 nitrogen and oxygen atoms in total. The molecule has 1 aromatic rings. The maximum absolute atomic E-state index is 13.8. The maximum Gasteiger partial charge on any atom is 0.243 e. The van der Waals surface area contributed by atoms with E-state index < -0.39 is 36.6 Å². The van der Waals surface area contributed by atoms with Gasteiger partial charge in [-0.15, -0.1) is 0 Å². The Balaban J connectivity index is 2.22. The lowest BCUT2D eigenvalue weighted by molar-refractivity contribution is 0.500. The van der Waals surface area contributed by atoms with Crippen molar-refractivity contribution in [2.75, 3.05) is 17.2 Å². The van der Waals surface area contributed by atoms with Gasteiger partial charge in [-0.3, -0.25) is 0 Å². The molecule has 0 unspecified atom stereocenters. The van der Waals surface area contributed by atoms with Crippen LogP contribution in [0.4, 0.5) is 10.1 Å². The Morgan fingerprint density at radius 3 is 2.43 bits per heavy atom. The van der Waals surface area contributed by atoms with E-state index in [9.17, 15) is 21.2 Å². The Hall–Kier alpha value is -0.710. The molecule has 0 bridgehead atoms. The molecule has 0 saturated carbocycles. The fourth-order valence-corrected chi connectivity index (χ4v) is 5.25. The zero-order chi connectivity index (χ0) is 15.8. The third-order valence-corrected chi connectivity index (χ3v) is 7.15. The van der Waals surface area contributed by atoms with Crippen molar-refractivity contribution in [2.45, 2.75) is 23.8 Å². The minimum absolute atomic E-state index is 0.0782. The van der Waals surface area contributed by atoms with Crippen LogP contribution in [0.2, 0.25) is 0 Å². The molecule has 0 amide bonds. The molecule has 1 aliphatic rings. The smallest absolute Gasteiger partial charge is 0.243 e. The molecular weight excluding hydrogens is 387 g/mol. The van der Waals surface area contributed by atoms with Crippen molar-refractivity contribution >= 4 is 41.5 Å². The van der Waals surface area contributed by atoms with Gasteiger partial charge in [0.1, 0.15) is 20.5 Å². The normalized spacial score (nSPS) is 19.5. The van der Waals surface area contributed by atoms with Gasteiger partial charge >= 0.3 is 0 Å². The SMILES string of the molecule is Nc1cc(S(=O)(=O)NC2CCS(=O)(=O)CC2)c(F)cc1Br. The first kappa shape index (κ1) is 16.7. The molecule has 0 spiro atoms. The quantitative estimate of drug-likeness (QED) is 0.736. The number of nitrogens with two attached hydrogens (primary N) is 1. The highest BCUT2D eigenvalue weighted by atomic mass is 79.9. The Morgan fingerprint density at radius 1 is 1.29 bits per heavy atom. The molecule has 10 heteroatoms. The van der Waals surface area contributed by atoms with E-state index in [0.29, 0.717) is 0 Å². The van der Waals surface area contributed by atoms with Gasteiger partial charge in [-0.25, -0.2) is 25.9 Å². The Kier molecular flexibility index (Phi) is 4.62. The standard InChI is InChI=1S/C11H14BrFN2O4S2/c12-8-5-9(13)11(6-10(8)14)21(18,19)15-7-1-3-20(16,17)4-2-7/h5-7,15H,1-4,14H2. The van der Waals surface area contributed by atoms with E-state index in [1.165, 1.54) is 0 Å². The highest BCUT2D eigenvalue weighted by Gasteiger charge is 2.29. The number of halogens is 2. The summed E-state index contributed by atoms with van der Waals surface area (Å²) in [4.78, 5) is -0.545. The predicted molar refractivity (Wildman–Crippen MR) is 80.5 cm³/mol. The maximum atomic E-state index is 13.8. The minimum Gasteiger partial charge on any atom is -0.398 e. The molecule has 3 N–H and O–H groups in total. The fraction of sp³-hybridized carbons (Fsp3) is 0.455. The number of anilines is 1. The van der Waals surface area contributed by atoms with Crippen molar-refractivity contribution in [1.29, 1.82) is 0 Å². The van der Waals surface area contributed by atoms with Crippen LogP contribution in [0.3, 0.4) is 0 Å². The van der Waals surface area contributed by atoms with E-state index >= 15 is 0 Å². The minimum atomic E-state index is -4.09. The van der Waals surface area contributed by atoms with E-state index in [-0.39, 0.29) is 34.5 Å². The summed E-state index contributed by atoms with van der Waals surface area (Å²) in [5.74, 6) is -1.08. The van der Waals surface area contributed by atoms with Crippen LogP contribution in [0.5, 0.6) is 0 Å². The molecule has 1 fully saturated rings. The zero-order valence-corrected chi connectivity index (χ0v) is 14.1. The van der Waals surface area contributed by atoms with E-state index in [2.05, 4.69) is 20.7 Å². The summed E-state index contributed by atoms with van der Waals surface area (Å²) in [7, 11) is -7.18. The zero-order valence-electron chi connectivity index (χ0n) is 10.8. The van der Waals surface area contributed by atoms with E-state index in [0.717, 1.165) is 12.1 Å². The van der Waals surface area contributed by atoms with Crippen LogP contribution in [0.25, 0.3) is 0 Å². The summed E-state index contributed by atoms with van der Waals surface area (Å²) < 4.78 is 63.4. The number of sulfone groups is 1. The number of benzene rings is 1. The molecule has 0 radical (unpaired) electrons. The van der Waals surface area contributed by atoms with Crippen LogP contribution >= 0.6 is 15.9 Å². The summed E-state index contributed by atoms with van der Waals surface area (Å²) in [6.07, 6.45) is 0.352. The summed E-state index contributed by atoms with van der Waals surface area (Å²) in [6.45, 7) is 0. The number of rotatable bonds is 3. The number of nitrogen functional groups attached to an aromatic ring is 1. The summed E-state index contributed by atoms with van der Waals surface area (Å²) in [5, 5.41) is 0. The van der Waals surface area contributed by atoms with E-state index in [1.807, 2.05) is 0 Å². The van der Waals surface area contributed by atoms with Crippen LogP contribution in [-0.4, -0.2) is 34.4 Å². The first-order valence-corrected chi connectivity index (χ1v) is 10.2. The monoisotopic (exact) mass is 400 g/mol. The van der Waals surface area contributed by atoms with Gasteiger partial charge in [0.25, 0.3) is 0 Å². The lowest BCUT2D eigenvalue weighted by atomic mass is 10.2. The number of hydrogen-bond acceptors (Lipinski definition) is 5.